The molecule has 0 saturated heterocycles. The molecule has 0 aliphatic heterocycles. The van der Waals surface area contributed by atoms with Gasteiger partial charge in [-0.1, -0.05) is 0 Å². The van der Waals surface area contributed by atoms with Crippen molar-refractivity contribution >= 4 is 35.9 Å². The molecule has 0 aliphatic rings. The van der Waals surface area contributed by atoms with Crippen molar-refractivity contribution in [2.45, 2.75) is 13.0 Å². The summed E-state index contributed by atoms with van der Waals surface area (Å²) in [6.45, 7) is 1.26. The number of aliphatic imine (C=N–C) groups is 1. The number of carbonyl (C=O) groups is 1. The number of carbonyl (C=O) groups excluding carboxylic acids is 1. The highest BCUT2D eigenvalue weighted by atomic mass is 127. The van der Waals surface area contributed by atoms with Gasteiger partial charge in [-0.2, -0.15) is 0 Å². The van der Waals surface area contributed by atoms with Crippen molar-refractivity contribution < 1.29 is 9.53 Å². The third-order valence-electron chi connectivity index (χ3n) is 2.86. The molecule has 0 saturated carbocycles. The van der Waals surface area contributed by atoms with Gasteiger partial charge < -0.3 is 19.5 Å². The molecule has 114 valence electrons. The minimum Gasteiger partial charge on any atom is -0.469 e. The maximum Gasteiger partial charge on any atom is 0.307 e. The third-order valence-corrected chi connectivity index (χ3v) is 2.86. The maximum atomic E-state index is 11.0. The van der Waals surface area contributed by atoms with E-state index >= 15 is 0 Å². The van der Waals surface area contributed by atoms with Gasteiger partial charge >= 0.3 is 5.97 Å². The van der Waals surface area contributed by atoms with Crippen molar-refractivity contribution in [2.24, 2.45) is 12.0 Å². The zero-order valence-electron chi connectivity index (χ0n) is 12.4. The second-order valence-electron chi connectivity index (χ2n) is 4.27. The zero-order valence-corrected chi connectivity index (χ0v) is 14.8. The summed E-state index contributed by atoms with van der Waals surface area (Å²) in [4.78, 5) is 17.2. The van der Waals surface area contributed by atoms with E-state index < -0.39 is 0 Å². The third kappa shape index (κ3) is 5.81. The van der Waals surface area contributed by atoms with Crippen LogP contribution in [0, 0.1) is 0 Å². The van der Waals surface area contributed by atoms with Gasteiger partial charge in [-0.15, -0.1) is 24.0 Å². The van der Waals surface area contributed by atoms with E-state index in [4.69, 9.17) is 0 Å². The summed E-state index contributed by atoms with van der Waals surface area (Å²) in [5, 5.41) is 3.13. The Morgan fingerprint density at radius 2 is 2.25 bits per heavy atom. The lowest BCUT2D eigenvalue weighted by molar-refractivity contribution is -0.140. The maximum absolute atomic E-state index is 11.0. The Balaban J connectivity index is 0.00000361. The first kappa shape index (κ1) is 18.8. The fourth-order valence-electron chi connectivity index (χ4n) is 1.74. The Morgan fingerprint density at radius 3 is 2.75 bits per heavy atom. The molecule has 0 amide bonds. The molecule has 0 spiro atoms. The van der Waals surface area contributed by atoms with Crippen LogP contribution in [0.15, 0.2) is 23.3 Å². The summed E-state index contributed by atoms with van der Waals surface area (Å²) in [5.74, 6) is 0.526. The van der Waals surface area contributed by atoms with Gasteiger partial charge in [0.15, 0.2) is 5.96 Å². The number of hydrogen-bond donors (Lipinski definition) is 1. The molecule has 7 heteroatoms. The quantitative estimate of drug-likeness (QED) is 0.353. The lowest BCUT2D eigenvalue weighted by atomic mass is 10.4. The Hall–Kier alpha value is -1.25. The van der Waals surface area contributed by atoms with Crippen LogP contribution in [0.2, 0.25) is 0 Å². The van der Waals surface area contributed by atoms with E-state index in [0.29, 0.717) is 13.0 Å². The largest absolute Gasteiger partial charge is 0.469 e. The smallest absolute Gasteiger partial charge is 0.307 e. The van der Waals surface area contributed by atoms with Crippen LogP contribution in [0.25, 0.3) is 0 Å². The molecule has 0 atom stereocenters. The van der Waals surface area contributed by atoms with Gasteiger partial charge in [-0.25, -0.2) is 0 Å². The molecule has 0 aliphatic carbocycles. The van der Waals surface area contributed by atoms with Crippen LogP contribution in [0.1, 0.15) is 12.1 Å². The average molecular weight is 394 g/mol. The van der Waals surface area contributed by atoms with E-state index in [-0.39, 0.29) is 29.9 Å². The topological polar surface area (TPSA) is 58.9 Å². The number of aromatic nitrogens is 1. The number of hydrogen-bond acceptors (Lipinski definition) is 3. The molecule has 6 nitrogen and oxygen atoms in total. The van der Waals surface area contributed by atoms with Crippen molar-refractivity contribution in [3.05, 3.63) is 24.0 Å². The first-order chi connectivity index (χ1) is 9.08. The van der Waals surface area contributed by atoms with Crippen molar-refractivity contribution in [2.75, 3.05) is 27.7 Å². The highest BCUT2D eigenvalue weighted by Gasteiger charge is 2.08. The van der Waals surface area contributed by atoms with E-state index in [9.17, 15) is 4.79 Å². The zero-order chi connectivity index (χ0) is 14.3. The number of nitrogens with zero attached hydrogens (tertiary/aromatic N) is 3. The molecule has 0 radical (unpaired) electrons. The van der Waals surface area contributed by atoms with Crippen molar-refractivity contribution in [1.82, 2.24) is 14.8 Å². The summed E-state index contributed by atoms with van der Waals surface area (Å²) in [6.07, 6.45) is 2.34. The van der Waals surface area contributed by atoms with Crippen LogP contribution in [-0.2, 0) is 23.1 Å². The number of aryl methyl sites for hydroxylation is 1. The molecular formula is C13H23IN4O2. The summed E-state index contributed by atoms with van der Waals surface area (Å²) >= 11 is 0. The molecule has 0 aromatic carbocycles. The number of methoxy groups -OCH3 is 1. The monoisotopic (exact) mass is 394 g/mol. The van der Waals surface area contributed by atoms with E-state index in [1.54, 1.807) is 7.05 Å². The standard InChI is InChI=1S/C13H22N4O2.HI/c1-14-13(15-8-7-12(18)19-4)17(3)10-11-6-5-9-16(11)2;/h5-6,9H,7-8,10H2,1-4H3,(H,14,15);1H. The second kappa shape index (κ2) is 9.62. The molecule has 0 fully saturated rings. The van der Waals surface area contributed by atoms with Crippen molar-refractivity contribution in [3.8, 4) is 0 Å². The van der Waals surface area contributed by atoms with Gasteiger partial charge in [0.25, 0.3) is 0 Å². The van der Waals surface area contributed by atoms with Crippen LogP contribution in [-0.4, -0.2) is 49.1 Å². The molecule has 1 aromatic heterocycles. The number of halogens is 1. The number of guanidine groups is 1. The van der Waals surface area contributed by atoms with Crippen molar-refractivity contribution in [3.63, 3.8) is 0 Å². The molecule has 20 heavy (non-hydrogen) atoms. The number of nitrogens with one attached hydrogen (secondary N) is 1. The lowest BCUT2D eigenvalue weighted by Crippen LogP contribution is -2.39. The number of ether oxygens (including phenoxy) is 1. The summed E-state index contributed by atoms with van der Waals surface area (Å²) in [6, 6.07) is 4.08. The number of rotatable bonds is 5. The van der Waals surface area contributed by atoms with E-state index in [2.05, 4.69) is 25.7 Å². The van der Waals surface area contributed by atoms with Crippen molar-refractivity contribution in [1.29, 1.82) is 0 Å². The fraction of sp³-hybridized carbons (Fsp3) is 0.538. The number of esters is 1. The summed E-state index contributed by atoms with van der Waals surface area (Å²) in [7, 11) is 7.08. The summed E-state index contributed by atoms with van der Waals surface area (Å²) in [5.41, 5.74) is 1.19. The Labute approximate surface area is 137 Å². The Bertz CT molecular complexity index is 445. The molecule has 1 rings (SSSR count). The van der Waals surface area contributed by atoms with Gasteiger partial charge in [0.1, 0.15) is 0 Å². The highest BCUT2D eigenvalue weighted by Crippen LogP contribution is 2.03. The van der Waals surface area contributed by atoms with Crippen LogP contribution >= 0.6 is 24.0 Å². The van der Waals surface area contributed by atoms with Crippen LogP contribution in [0.4, 0.5) is 0 Å². The van der Waals surface area contributed by atoms with Gasteiger partial charge in [0, 0.05) is 39.6 Å². The second-order valence-corrected chi connectivity index (χ2v) is 4.27. The van der Waals surface area contributed by atoms with Gasteiger partial charge in [-0.3, -0.25) is 9.79 Å². The molecule has 1 N–H and O–H groups in total. The van der Waals surface area contributed by atoms with E-state index in [1.807, 2.05) is 31.3 Å². The predicted octanol–water partition coefficient (Wildman–Crippen LogP) is 1.21. The SMILES string of the molecule is CN=C(NCCC(=O)OC)N(C)Cc1cccn1C.I. The minimum atomic E-state index is -0.229. The van der Waals surface area contributed by atoms with E-state index in [0.717, 1.165) is 12.5 Å². The van der Waals surface area contributed by atoms with Gasteiger partial charge in [0.05, 0.1) is 20.1 Å². The predicted molar refractivity (Wildman–Crippen MR) is 90.3 cm³/mol. The molecule has 1 aromatic rings. The first-order valence-corrected chi connectivity index (χ1v) is 6.17. The lowest BCUT2D eigenvalue weighted by Gasteiger charge is -2.22. The first-order valence-electron chi connectivity index (χ1n) is 6.17. The van der Waals surface area contributed by atoms with Gasteiger partial charge in [0.2, 0.25) is 0 Å². The highest BCUT2D eigenvalue weighted by molar-refractivity contribution is 14.0. The van der Waals surface area contributed by atoms with Crippen LogP contribution in [0.3, 0.4) is 0 Å². The Morgan fingerprint density at radius 1 is 1.55 bits per heavy atom. The van der Waals surface area contributed by atoms with Crippen LogP contribution in [0.5, 0.6) is 0 Å². The normalized spacial score (nSPS) is 10.7. The molecule has 0 bridgehead atoms. The average Bonchev–Trinajstić information content (AvgIpc) is 2.79. The minimum absolute atomic E-state index is 0. The fourth-order valence-corrected chi connectivity index (χ4v) is 1.74. The molecular weight excluding hydrogens is 371 g/mol. The molecule has 0 unspecified atom stereocenters. The van der Waals surface area contributed by atoms with Gasteiger partial charge in [-0.05, 0) is 12.1 Å². The van der Waals surface area contributed by atoms with E-state index in [1.165, 1.54) is 12.8 Å². The summed E-state index contributed by atoms with van der Waals surface area (Å²) < 4.78 is 6.66. The van der Waals surface area contributed by atoms with Crippen LogP contribution < -0.4 is 5.32 Å². The molecule has 1 heterocycles. The Kier molecular flexibility index (Phi) is 9.02.